The minimum Gasteiger partial charge on any atom is -0.334 e. The summed E-state index contributed by atoms with van der Waals surface area (Å²) in [5, 5.41) is 0. The molecule has 3 rings (SSSR count). The molecule has 1 aromatic carbocycles. The van der Waals surface area contributed by atoms with Crippen molar-refractivity contribution in [3.8, 4) is 0 Å². The van der Waals surface area contributed by atoms with Crippen molar-refractivity contribution < 1.29 is 13.2 Å². The first-order chi connectivity index (χ1) is 10.9. The molecule has 0 saturated carbocycles. The van der Waals surface area contributed by atoms with Crippen LogP contribution in [-0.2, 0) is 9.84 Å². The minimum absolute atomic E-state index is 0.0432. The number of carbonyl (C=O) groups excluding carboxylic acids is 1. The summed E-state index contributed by atoms with van der Waals surface area (Å²) in [6.45, 7) is 1.85. The topological polar surface area (TPSA) is 57.7 Å². The van der Waals surface area contributed by atoms with Gasteiger partial charge >= 0.3 is 0 Å². The van der Waals surface area contributed by atoms with Crippen molar-refractivity contribution in [3.63, 3.8) is 0 Å². The second-order valence-electron chi connectivity index (χ2n) is 6.70. The predicted octanol–water partition coefficient (Wildman–Crippen LogP) is 1.79. The molecule has 2 aliphatic rings. The Kier molecular flexibility index (Phi) is 4.47. The Hall–Kier alpha value is -1.40. The van der Waals surface area contributed by atoms with E-state index < -0.39 is 9.84 Å². The third-order valence-corrected chi connectivity index (χ3v) is 6.20. The molecule has 5 nitrogen and oxygen atoms in total. The van der Waals surface area contributed by atoms with Crippen molar-refractivity contribution in [2.45, 2.75) is 42.7 Å². The SMILES string of the molecule is CN1CCCC1C1CCCN1C(=O)c1cccc(S(C)(=O)=O)c1. The number of benzene rings is 1. The molecular formula is C17H24N2O3S. The standard InChI is InChI=1S/C17H24N2O3S/c1-18-10-4-8-15(18)16-9-5-11-19(16)17(20)13-6-3-7-14(12-13)23(2,21)22/h3,6-7,12,15-16H,4-5,8-11H2,1-2H3. The second-order valence-corrected chi connectivity index (χ2v) is 8.71. The Bertz CT molecular complexity index is 702. The molecule has 23 heavy (non-hydrogen) atoms. The molecule has 2 saturated heterocycles. The summed E-state index contributed by atoms with van der Waals surface area (Å²) in [7, 11) is -1.17. The summed E-state index contributed by atoms with van der Waals surface area (Å²) in [6.07, 6.45) is 5.54. The molecule has 0 aliphatic carbocycles. The van der Waals surface area contributed by atoms with Gasteiger partial charge in [-0.1, -0.05) is 6.07 Å². The number of sulfone groups is 1. The molecule has 2 heterocycles. The van der Waals surface area contributed by atoms with Crippen LogP contribution in [0.3, 0.4) is 0 Å². The lowest BCUT2D eigenvalue weighted by molar-refractivity contribution is 0.0664. The van der Waals surface area contributed by atoms with Crippen LogP contribution in [0.2, 0.25) is 0 Å². The molecule has 2 atom stereocenters. The number of amides is 1. The third-order valence-electron chi connectivity index (χ3n) is 5.09. The van der Waals surface area contributed by atoms with Crippen LogP contribution in [0, 0.1) is 0 Å². The number of rotatable bonds is 3. The molecule has 0 radical (unpaired) electrons. The van der Waals surface area contributed by atoms with Crippen LogP contribution in [0.15, 0.2) is 29.2 Å². The van der Waals surface area contributed by atoms with Crippen LogP contribution in [-0.4, -0.2) is 62.6 Å². The fourth-order valence-corrected chi connectivity index (χ4v) is 4.56. The lowest BCUT2D eigenvalue weighted by atomic mass is 10.0. The van der Waals surface area contributed by atoms with Gasteiger partial charge in [-0.05, 0) is 57.5 Å². The second kappa shape index (κ2) is 6.24. The summed E-state index contributed by atoms with van der Waals surface area (Å²) in [5.41, 5.74) is 0.473. The highest BCUT2D eigenvalue weighted by molar-refractivity contribution is 7.90. The monoisotopic (exact) mass is 336 g/mol. The Labute approximate surface area is 138 Å². The average Bonchev–Trinajstić information content (AvgIpc) is 3.14. The van der Waals surface area contributed by atoms with E-state index in [0.717, 1.165) is 32.4 Å². The van der Waals surface area contributed by atoms with E-state index in [-0.39, 0.29) is 16.8 Å². The van der Waals surface area contributed by atoms with Crippen molar-refractivity contribution in [3.05, 3.63) is 29.8 Å². The summed E-state index contributed by atoms with van der Waals surface area (Å²) in [5.74, 6) is -0.0432. The highest BCUT2D eigenvalue weighted by Gasteiger charge is 2.38. The Morgan fingerprint density at radius 2 is 1.83 bits per heavy atom. The number of likely N-dealkylation sites (N-methyl/N-ethyl adjacent to an activating group) is 1. The summed E-state index contributed by atoms with van der Waals surface area (Å²) < 4.78 is 23.4. The minimum atomic E-state index is -3.30. The van der Waals surface area contributed by atoms with Gasteiger partial charge in [0.1, 0.15) is 0 Å². The number of hydrogen-bond acceptors (Lipinski definition) is 4. The molecule has 1 aromatic rings. The molecule has 0 bridgehead atoms. The van der Waals surface area contributed by atoms with Gasteiger partial charge in [0.25, 0.3) is 5.91 Å². The van der Waals surface area contributed by atoms with Crippen LogP contribution in [0.4, 0.5) is 0 Å². The summed E-state index contributed by atoms with van der Waals surface area (Å²) in [4.78, 5) is 17.4. The van der Waals surface area contributed by atoms with Crippen LogP contribution < -0.4 is 0 Å². The Morgan fingerprint density at radius 3 is 2.48 bits per heavy atom. The number of nitrogens with zero attached hydrogens (tertiary/aromatic N) is 2. The quantitative estimate of drug-likeness (QED) is 0.844. The van der Waals surface area contributed by atoms with Gasteiger partial charge in [-0.15, -0.1) is 0 Å². The zero-order valence-corrected chi connectivity index (χ0v) is 14.6. The summed E-state index contributed by atoms with van der Waals surface area (Å²) in [6, 6.07) is 7.08. The van der Waals surface area contributed by atoms with Crippen molar-refractivity contribution in [2.75, 3.05) is 26.4 Å². The van der Waals surface area contributed by atoms with E-state index >= 15 is 0 Å². The highest BCUT2D eigenvalue weighted by atomic mass is 32.2. The fourth-order valence-electron chi connectivity index (χ4n) is 3.89. The van der Waals surface area contributed by atoms with E-state index in [4.69, 9.17) is 0 Å². The van der Waals surface area contributed by atoms with E-state index in [9.17, 15) is 13.2 Å². The molecule has 2 aliphatic heterocycles. The molecule has 0 aromatic heterocycles. The number of carbonyl (C=O) groups is 1. The maximum atomic E-state index is 12.9. The van der Waals surface area contributed by atoms with Crippen molar-refractivity contribution in [1.29, 1.82) is 0 Å². The molecule has 2 unspecified atom stereocenters. The Morgan fingerprint density at radius 1 is 1.13 bits per heavy atom. The summed E-state index contributed by atoms with van der Waals surface area (Å²) >= 11 is 0. The van der Waals surface area contributed by atoms with Crippen molar-refractivity contribution in [2.24, 2.45) is 0 Å². The fraction of sp³-hybridized carbons (Fsp3) is 0.588. The van der Waals surface area contributed by atoms with E-state index in [1.165, 1.54) is 18.7 Å². The van der Waals surface area contributed by atoms with Crippen molar-refractivity contribution >= 4 is 15.7 Å². The molecule has 6 heteroatoms. The first kappa shape index (κ1) is 16.5. The first-order valence-electron chi connectivity index (χ1n) is 8.19. The van der Waals surface area contributed by atoms with Gasteiger partial charge in [0.15, 0.2) is 9.84 Å². The first-order valence-corrected chi connectivity index (χ1v) is 10.1. The van der Waals surface area contributed by atoms with Gasteiger partial charge in [0.2, 0.25) is 0 Å². The molecule has 2 fully saturated rings. The van der Waals surface area contributed by atoms with Crippen LogP contribution in [0.25, 0.3) is 0 Å². The van der Waals surface area contributed by atoms with Gasteiger partial charge in [-0.3, -0.25) is 4.79 Å². The van der Waals surface area contributed by atoms with E-state index in [1.807, 2.05) is 4.90 Å². The number of likely N-dealkylation sites (tertiary alicyclic amines) is 2. The van der Waals surface area contributed by atoms with Gasteiger partial charge < -0.3 is 9.80 Å². The highest BCUT2D eigenvalue weighted by Crippen LogP contribution is 2.30. The normalized spacial score (nSPS) is 25.9. The van der Waals surface area contributed by atoms with Gasteiger partial charge in [-0.25, -0.2) is 8.42 Å². The largest absolute Gasteiger partial charge is 0.334 e. The van der Waals surface area contributed by atoms with E-state index in [0.29, 0.717) is 11.6 Å². The maximum absolute atomic E-state index is 12.9. The molecule has 1 amide bonds. The van der Waals surface area contributed by atoms with Crippen LogP contribution >= 0.6 is 0 Å². The van der Waals surface area contributed by atoms with Crippen LogP contribution in [0.5, 0.6) is 0 Å². The zero-order chi connectivity index (χ0) is 16.6. The predicted molar refractivity (Wildman–Crippen MR) is 89.3 cm³/mol. The lowest BCUT2D eigenvalue weighted by Gasteiger charge is -2.33. The molecule has 0 spiro atoms. The average molecular weight is 336 g/mol. The smallest absolute Gasteiger partial charge is 0.254 e. The van der Waals surface area contributed by atoms with Crippen molar-refractivity contribution in [1.82, 2.24) is 9.80 Å². The van der Waals surface area contributed by atoms with Gasteiger partial charge in [0, 0.05) is 30.4 Å². The van der Waals surface area contributed by atoms with E-state index in [1.54, 1.807) is 18.2 Å². The maximum Gasteiger partial charge on any atom is 0.254 e. The lowest BCUT2D eigenvalue weighted by Crippen LogP contribution is -2.47. The van der Waals surface area contributed by atoms with Crippen LogP contribution in [0.1, 0.15) is 36.0 Å². The molecule has 126 valence electrons. The zero-order valence-electron chi connectivity index (χ0n) is 13.7. The van der Waals surface area contributed by atoms with E-state index in [2.05, 4.69) is 11.9 Å². The number of hydrogen-bond donors (Lipinski definition) is 0. The van der Waals surface area contributed by atoms with Gasteiger partial charge in [0.05, 0.1) is 4.90 Å². The Balaban J connectivity index is 1.85. The molecular weight excluding hydrogens is 312 g/mol. The third kappa shape index (κ3) is 3.28. The van der Waals surface area contributed by atoms with Gasteiger partial charge in [-0.2, -0.15) is 0 Å². The molecule has 0 N–H and O–H groups in total.